The second-order valence-electron chi connectivity index (χ2n) is 5.40. The van der Waals surface area contributed by atoms with E-state index in [0.29, 0.717) is 24.3 Å². The Morgan fingerprint density at radius 1 is 1.24 bits per heavy atom. The van der Waals surface area contributed by atoms with Gasteiger partial charge in [0.1, 0.15) is 0 Å². The maximum absolute atomic E-state index is 12.6. The third kappa shape index (κ3) is 4.37. The summed E-state index contributed by atoms with van der Waals surface area (Å²) in [6, 6.07) is 6.75. The number of halogens is 4. The molecule has 1 N–H and O–H groups in total. The maximum atomic E-state index is 12.6. The lowest BCUT2D eigenvalue weighted by molar-refractivity contribution is -0.182. The molecule has 0 aliphatic heterocycles. The van der Waals surface area contributed by atoms with E-state index in [0.717, 1.165) is 5.56 Å². The fourth-order valence-electron chi connectivity index (χ4n) is 2.63. The molecule has 1 fully saturated rings. The van der Waals surface area contributed by atoms with Gasteiger partial charge < -0.3 is 5.32 Å². The largest absolute Gasteiger partial charge is 0.391 e. The third-order valence-electron chi connectivity index (χ3n) is 3.87. The number of rotatable bonds is 3. The predicted molar refractivity (Wildman–Crippen MR) is 75.3 cm³/mol. The average molecular weight is 320 g/mol. The number of nitrogens with one attached hydrogen (secondary N) is 1. The van der Waals surface area contributed by atoms with E-state index in [-0.39, 0.29) is 24.8 Å². The van der Waals surface area contributed by atoms with E-state index in [2.05, 4.69) is 5.32 Å². The van der Waals surface area contributed by atoms with E-state index in [1.165, 1.54) is 0 Å². The highest BCUT2D eigenvalue weighted by Gasteiger charge is 2.41. The van der Waals surface area contributed by atoms with Crippen molar-refractivity contribution in [2.24, 2.45) is 5.92 Å². The number of carbonyl (C=O) groups is 1. The molecule has 0 bridgehead atoms. The molecule has 0 saturated heterocycles. The van der Waals surface area contributed by atoms with Crippen LogP contribution < -0.4 is 5.32 Å². The molecule has 1 saturated carbocycles. The number of benzene rings is 1. The Bertz CT molecular complexity index is 496. The van der Waals surface area contributed by atoms with Crippen LogP contribution in [-0.4, -0.2) is 18.1 Å². The SMILES string of the molecule is O=C(NC1CCC(C(F)(F)F)CC1)c1cccc(CCl)c1. The van der Waals surface area contributed by atoms with Crippen LogP contribution in [0.25, 0.3) is 0 Å². The van der Waals surface area contributed by atoms with E-state index in [1.54, 1.807) is 18.2 Å². The van der Waals surface area contributed by atoms with Crippen LogP contribution in [0.15, 0.2) is 24.3 Å². The molecule has 0 spiro atoms. The Hall–Kier alpha value is -1.23. The van der Waals surface area contributed by atoms with Crippen molar-refractivity contribution >= 4 is 17.5 Å². The number of alkyl halides is 4. The van der Waals surface area contributed by atoms with Crippen molar-refractivity contribution in [1.29, 1.82) is 0 Å². The second kappa shape index (κ2) is 6.69. The van der Waals surface area contributed by atoms with Crippen molar-refractivity contribution in [3.05, 3.63) is 35.4 Å². The molecule has 6 heteroatoms. The quantitative estimate of drug-likeness (QED) is 0.828. The molecule has 1 aromatic rings. The zero-order valence-corrected chi connectivity index (χ0v) is 12.2. The van der Waals surface area contributed by atoms with E-state index in [1.807, 2.05) is 6.07 Å². The minimum Gasteiger partial charge on any atom is -0.349 e. The van der Waals surface area contributed by atoms with E-state index in [4.69, 9.17) is 11.6 Å². The lowest BCUT2D eigenvalue weighted by Crippen LogP contribution is -2.40. The number of hydrogen-bond acceptors (Lipinski definition) is 1. The molecule has 0 atom stereocenters. The van der Waals surface area contributed by atoms with Gasteiger partial charge in [-0.1, -0.05) is 12.1 Å². The van der Waals surface area contributed by atoms with Gasteiger partial charge in [0.05, 0.1) is 5.92 Å². The van der Waals surface area contributed by atoms with Gasteiger partial charge >= 0.3 is 6.18 Å². The topological polar surface area (TPSA) is 29.1 Å². The standard InChI is InChI=1S/C15H17ClF3NO/c16-9-10-2-1-3-11(8-10)14(21)20-13-6-4-12(5-7-13)15(17,18)19/h1-3,8,12-13H,4-7,9H2,(H,20,21). The Morgan fingerprint density at radius 2 is 1.90 bits per heavy atom. The van der Waals surface area contributed by atoms with Crippen LogP contribution in [0.5, 0.6) is 0 Å². The Balaban J connectivity index is 1.89. The fraction of sp³-hybridized carbons (Fsp3) is 0.533. The van der Waals surface area contributed by atoms with Crippen molar-refractivity contribution in [2.45, 2.75) is 43.8 Å². The minimum absolute atomic E-state index is 0.0795. The minimum atomic E-state index is -4.12. The summed E-state index contributed by atoms with van der Waals surface area (Å²) in [5.41, 5.74) is 1.33. The van der Waals surface area contributed by atoms with Gasteiger partial charge in [0, 0.05) is 17.5 Å². The fourth-order valence-corrected chi connectivity index (χ4v) is 2.80. The Labute approximate surface area is 126 Å². The summed E-state index contributed by atoms with van der Waals surface area (Å²) < 4.78 is 37.7. The van der Waals surface area contributed by atoms with E-state index < -0.39 is 12.1 Å². The lowest BCUT2D eigenvalue weighted by atomic mass is 9.85. The molecule has 0 unspecified atom stereocenters. The molecule has 1 amide bonds. The molecule has 21 heavy (non-hydrogen) atoms. The summed E-state index contributed by atoms with van der Waals surface area (Å²) >= 11 is 5.72. The van der Waals surface area contributed by atoms with Crippen LogP contribution in [0, 0.1) is 5.92 Å². The Morgan fingerprint density at radius 3 is 2.48 bits per heavy atom. The van der Waals surface area contributed by atoms with Gasteiger partial charge in [0.2, 0.25) is 0 Å². The van der Waals surface area contributed by atoms with Crippen molar-refractivity contribution in [3.63, 3.8) is 0 Å². The zero-order valence-electron chi connectivity index (χ0n) is 11.4. The molecule has 2 nitrogen and oxygen atoms in total. The van der Waals surface area contributed by atoms with Crippen molar-refractivity contribution in [1.82, 2.24) is 5.32 Å². The molecular weight excluding hydrogens is 303 g/mol. The smallest absolute Gasteiger partial charge is 0.349 e. The summed E-state index contributed by atoms with van der Waals surface area (Å²) in [7, 11) is 0. The molecule has 1 aliphatic rings. The van der Waals surface area contributed by atoms with Gasteiger partial charge in [-0.05, 0) is 43.4 Å². The van der Waals surface area contributed by atoms with Crippen LogP contribution >= 0.6 is 11.6 Å². The van der Waals surface area contributed by atoms with Crippen LogP contribution in [0.3, 0.4) is 0 Å². The summed E-state index contributed by atoms with van der Waals surface area (Å²) in [5.74, 6) is -1.17. The van der Waals surface area contributed by atoms with Gasteiger partial charge in [-0.15, -0.1) is 11.6 Å². The first kappa shape index (κ1) is 16.1. The van der Waals surface area contributed by atoms with Crippen LogP contribution in [-0.2, 0) is 5.88 Å². The zero-order chi connectivity index (χ0) is 15.5. The molecule has 116 valence electrons. The molecule has 0 aromatic heterocycles. The summed E-state index contributed by atoms with van der Waals surface area (Å²) in [5, 5.41) is 2.81. The van der Waals surface area contributed by atoms with Crippen LogP contribution in [0.4, 0.5) is 13.2 Å². The van der Waals surface area contributed by atoms with Crippen molar-refractivity contribution in [3.8, 4) is 0 Å². The summed E-state index contributed by atoms with van der Waals surface area (Å²) in [6.07, 6.45) is -3.23. The monoisotopic (exact) mass is 319 g/mol. The Kier molecular flexibility index (Phi) is 5.14. The van der Waals surface area contributed by atoms with E-state index >= 15 is 0 Å². The number of carbonyl (C=O) groups excluding carboxylic acids is 1. The molecule has 1 aromatic carbocycles. The summed E-state index contributed by atoms with van der Waals surface area (Å²) in [4.78, 5) is 12.1. The number of hydrogen-bond donors (Lipinski definition) is 1. The molecule has 0 heterocycles. The highest BCUT2D eigenvalue weighted by molar-refractivity contribution is 6.17. The third-order valence-corrected chi connectivity index (χ3v) is 4.18. The number of amides is 1. The van der Waals surface area contributed by atoms with Crippen molar-refractivity contribution in [2.75, 3.05) is 0 Å². The van der Waals surface area contributed by atoms with Crippen molar-refractivity contribution < 1.29 is 18.0 Å². The van der Waals surface area contributed by atoms with Gasteiger partial charge in [-0.25, -0.2) is 0 Å². The highest BCUT2D eigenvalue weighted by atomic mass is 35.5. The van der Waals surface area contributed by atoms with Gasteiger partial charge in [0.15, 0.2) is 0 Å². The molecule has 1 aliphatic carbocycles. The highest BCUT2D eigenvalue weighted by Crippen LogP contribution is 2.37. The van der Waals surface area contributed by atoms with Gasteiger partial charge in [0.25, 0.3) is 5.91 Å². The first-order chi connectivity index (χ1) is 9.90. The second-order valence-corrected chi connectivity index (χ2v) is 5.66. The van der Waals surface area contributed by atoms with Gasteiger partial charge in [-0.2, -0.15) is 13.2 Å². The molecule has 0 radical (unpaired) electrons. The van der Waals surface area contributed by atoms with Crippen LogP contribution in [0.2, 0.25) is 0 Å². The van der Waals surface area contributed by atoms with Gasteiger partial charge in [-0.3, -0.25) is 4.79 Å². The van der Waals surface area contributed by atoms with Crippen LogP contribution in [0.1, 0.15) is 41.6 Å². The lowest BCUT2D eigenvalue weighted by Gasteiger charge is -2.30. The molecule has 2 rings (SSSR count). The maximum Gasteiger partial charge on any atom is 0.391 e. The average Bonchev–Trinajstić information content (AvgIpc) is 2.47. The predicted octanol–water partition coefficient (Wildman–Crippen LogP) is 4.28. The first-order valence-electron chi connectivity index (χ1n) is 6.92. The van der Waals surface area contributed by atoms with E-state index in [9.17, 15) is 18.0 Å². The summed E-state index contributed by atoms with van der Waals surface area (Å²) in [6.45, 7) is 0. The molecular formula is C15H17ClF3NO. The normalized spacial score (nSPS) is 22.9. The first-order valence-corrected chi connectivity index (χ1v) is 7.46.